The summed E-state index contributed by atoms with van der Waals surface area (Å²) in [7, 11) is 2.79. The third-order valence-corrected chi connectivity index (χ3v) is 3.27. The second kappa shape index (κ2) is 4.59. The first kappa shape index (κ1) is 13.1. The van der Waals surface area contributed by atoms with Crippen molar-refractivity contribution in [3.8, 4) is 23.0 Å². The van der Waals surface area contributed by atoms with Gasteiger partial charge in [-0.2, -0.15) is 0 Å². The van der Waals surface area contributed by atoms with Crippen molar-refractivity contribution < 1.29 is 24.1 Å². The highest BCUT2D eigenvalue weighted by molar-refractivity contribution is 5.98. The van der Waals surface area contributed by atoms with Crippen LogP contribution in [0.4, 0.5) is 0 Å². The smallest absolute Gasteiger partial charge is 0.204 e. The standard InChI is InChI=1S/C15H12O6/c1-19-10-5-3-4-7-12(18)11-8(16)6-9(17)14(20-2)15(11)21-13(7)10/h3-6,16-17H,1-2H3. The minimum absolute atomic E-state index is 0.0206. The molecule has 0 bridgehead atoms. The fraction of sp³-hybridized carbons (Fsp3) is 0.133. The highest BCUT2D eigenvalue weighted by Gasteiger charge is 2.20. The van der Waals surface area contributed by atoms with E-state index < -0.39 is 5.43 Å². The maximum atomic E-state index is 12.5. The Hall–Kier alpha value is -2.89. The highest BCUT2D eigenvalue weighted by Crippen LogP contribution is 2.41. The summed E-state index contributed by atoms with van der Waals surface area (Å²) >= 11 is 0. The van der Waals surface area contributed by atoms with Crippen LogP contribution in [0.2, 0.25) is 0 Å². The van der Waals surface area contributed by atoms with E-state index >= 15 is 0 Å². The number of methoxy groups -OCH3 is 2. The second-order valence-corrected chi connectivity index (χ2v) is 4.42. The normalized spacial score (nSPS) is 11.0. The molecule has 6 nitrogen and oxygen atoms in total. The number of phenolic OH excluding ortho intramolecular Hbond substituents is 2. The van der Waals surface area contributed by atoms with Crippen LogP contribution in [0.5, 0.6) is 23.0 Å². The molecule has 0 aliphatic rings. The first-order chi connectivity index (χ1) is 10.1. The molecule has 3 aromatic rings. The number of fused-ring (bicyclic) bond motifs is 2. The summed E-state index contributed by atoms with van der Waals surface area (Å²) in [6.45, 7) is 0. The molecule has 0 saturated carbocycles. The molecule has 0 fully saturated rings. The van der Waals surface area contributed by atoms with Gasteiger partial charge in [0.15, 0.2) is 22.7 Å². The molecule has 0 saturated heterocycles. The number of para-hydroxylation sites is 1. The fourth-order valence-electron chi connectivity index (χ4n) is 2.32. The molecule has 2 aromatic carbocycles. The molecule has 21 heavy (non-hydrogen) atoms. The van der Waals surface area contributed by atoms with Crippen LogP contribution in [0.1, 0.15) is 0 Å². The first-order valence-corrected chi connectivity index (χ1v) is 6.11. The summed E-state index contributed by atoms with van der Waals surface area (Å²) in [6, 6.07) is 5.91. The predicted molar refractivity (Wildman–Crippen MR) is 76.4 cm³/mol. The highest BCUT2D eigenvalue weighted by atomic mass is 16.5. The van der Waals surface area contributed by atoms with Gasteiger partial charge in [-0.15, -0.1) is 0 Å². The molecule has 108 valence electrons. The van der Waals surface area contributed by atoms with Gasteiger partial charge >= 0.3 is 0 Å². The van der Waals surface area contributed by atoms with E-state index in [1.807, 2.05) is 0 Å². The average Bonchev–Trinajstić information content (AvgIpc) is 2.46. The number of aromatic hydroxyl groups is 2. The van der Waals surface area contributed by atoms with Gasteiger partial charge in [-0.05, 0) is 12.1 Å². The van der Waals surface area contributed by atoms with Gasteiger partial charge in [0, 0.05) is 6.07 Å². The van der Waals surface area contributed by atoms with Gasteiger partial charge in [-0.25, -0.2) is 0 Å². The maximum Gasteiger partial charge on any atom is 0.204 e. The molecule has 0 spiro atoms. The monoisotopic (exact) mass is 288 g/mol. The molecule has 0 unspecified atom stereocenters. The molecule has 0 amide bonds. The quantitative estimate of drug-likeness (QED) is 0.704. The zero-order chi connectivity index (χ0) is 15.1. The van der Waals surface area contributed by atoms with Gasteiger partial charge in [0.2, 0.25) is 11.2 Å². The minimum atomic E-state index is -0.430. The van der Waals surface area contributed by atoms with Gasteiger partial charge in [-0.1, -0.05) is 6.07 Å². The Morgan fingerprint density at radius 1 is 1.05 bits per heavy atom. The molecule has 0 aliphatic heterocycles. The molecule has 1 aromatic heterocycles. The third kappa shape index (κ3) is 1.76. The van der Waals surface area contributed by atoms with Crippen LogP contribution >= 0.6 is 0 Å². The van der Waals surface area contributed by atoms with E-state index in [2.05, 4.69) is 0 Å². The topological polar surface area (TPSA) is 89.1 Å². The number of hydrogen-bond donors (Lipinski definition) is 2. The Kier molecular flexibility index (Phi) is 2.86. The number of phenols is 2. The summed E-state index contributed by atoms with van der Waals surface area (Å²) in [5, 5.41) is 20.0. The van der Waals surface area contributed by atoms with Crippen LogP contribution in [0.3, 0.4) is 0 Å². The molecule has 0 aliphatic carbocycles. The average molecular weight is 288 g/mol. The molecule has 0 atom stereocenters. The van der Waals surface area contributed by atoms with Crippen molar-refractivity contribution in [2.45, 2.75) is 0 Å². The molecule has 0 radical (unpaired) electrons. The summed E-state index contributed by atoms with van der Waals surface area (Å²) in [5.41, 5.74) is -0.237. The van der Waals surface area contributed by atoms with Crippen molar-refractivity contribution in [3.05, 3.63) is 34.5 Å². The van der Waals surface area contributed by atoms with E-state index in [0.717, 1.165) is 6.07 Å². The van der Waals surface area contributed by atoms with Crippen LogP contribution in [0.15, 0.2) is 33.5 Å². The van der Waals surface area contributed by atoms with E-state index in [4.69, 9.17) is 13.9 Å². The molecule has 1 heterocycles. The molecule has 2 N–H and O–H groups in total. The van der Waals surface area contributed by atoms with Gasteiger partial charge in [0.25, 0.3) is 0 Å². The Morgan fingerprint density at radius 3 is 2.48 bits per heavy atom. The lowest BCUT2D eigenvalue weighted by Crippen LogP contribution is -2.04. The van der Waals surface area contributed by atoms with Gasteiger partial charge in [0.1, 0.15) is 11.1 Å². The van der Waals surface area contributed by atoms with E-state index in [0.29, 0.717) is 5.75 Å². The fourth-order valence-corrected chi connectivity index (χ4v) is 2.32. The van der Waals surface area contributed by atoms with E-state index in [1.165, 1.54) is 14.2 Å². The number of ether oxygens (including phenoxy) is 2. The van der Waals surface area contributed by atoms with Crippen molar-refractivity contribution >= 4 is 21.9 Å². The number of benzene rings is 2. The van der Waals surface area contributed by atoms with Crippen molar-refractivity contribution in [3.63, 3.8) is 0 Å². The lowest BCUT2D eigenvalue weighted by molar-refractivity contribution is 0.367. The molecule has 3 rings (SSSR count). The van der Waals surface area contributed by atoms with Crippen LogP contribution in [0, 0.1) is 0 Å². The minimum Gasteiger partial charge on any atom is -0.507 e. The van der Waals surface area contributed by atoms with Crippen LogP contribution < -0.4 is 14.9 Å². The summed E-state index contributed by atoms with van der Waals surface area (Å²) < 4.78 is 15.9. The van der Waals surface area contributed by atoms with Crippen molar-refractivity contribution in [2.24, 2.45) is 0 Å². The van der Waals surface area contributed by atoms with E-state index in [-0.39, 0.29) is 39.2 Å². The van der Waals surface area contributed by atoms with Crippen LogP contribution in [-0.2, 0) is 0 Å². The third-order valence-electron chi connectivity index (χ3n) is 3.27. The van der Waals surface area contributed by atoms with Crippen LogP contribution in [0.25, 0.3) is 21.9 Å². The first-order valence-electron chi connectivity index (χ1n) is 6.11. The van der Waals surface area contributed by atoms with E-state index in [9.17, 15) is 15.0 Å². The van der Waals surface area contributed by atoms with Crippen molar-refractivity contribution in [1.82, 2.24) is 0 Å². The SMILES string of the molecule is COc1cccc2c(=O)c3c(O)cc(O)c(OC)c3oc12. The lowest BCUT2D eigenvalue weighted by atomic mass is 10.1. The van der Waals surface area contributed by atoms with Gasteiger partial charge < -0.3 is 24.1 Å². The van der Waals surface area contributed by atoms with Crippen LogP contribution in [-0.4, -0.2) is 24.4 Å². The Labute approximate surface area is 118 Å². The summed E-state index contributed by atoms with van der Waals surface area (Å²) in [6.07, 6.45) is 0. The van der Waals surface area contributed by atoms with Gasteiger partial charge in [0.05, 0.1) is 19.6 Å². The van der Waals surface area contributed by atoms with Crippen molar-refractivity contribution in [2.75, 3.05) is 14.2 Å². The number of rotatable bonds is 2. The Balaban J connectivity index is 2.63. The lowest BCUT2D eigenvalue weighted by Gasteiger charge is -2.10. The Bertz CT molecular complexity index is 910. The summed E-state index contributed by atoms with van der Waals surface area (Å²) in [4.78, 5) is 12.5. The van der Waals surface area contributed by atoms with E-state index in [1.54, 1.807) is 18.2 Å². The molecular weight excluding hydrogens is 276 g/mol. The molecule has 6 heteroatoms. The predicted octanol–water partition coefficient (Wildman–Crippen LogP) is 2.37. The summed E-state index contributed by atoms with van der Waals surface area (Å²) in [5.74, 6) is -0.342. The van der Waals surface area contributed by atoms with Crippen molar-refractivity contribution in [1.29, 1.82) is 0 Å². The Morgan fingerprint density at radius 2 is 1.81 bits per heavy atom. The number of hydrogen-bond acceptors (Lipinski definition) is 6. The second-order valence-electron chi connectivity index (χ2n) is 4.42. The zero-order valence-electron chi connectivity index (χ0n) is 11.3. The maximum absolute atomic E-state index is 12.5. The zero-order valence-corrected chi connectivity index (χ0v) is 11.3. The molecular formula is C15H12O6. The largest absolute Gasteiger partial charge is 0.507 e. The van der Waals surface area contributed by atoms with Gasteiger partial charge in [-0.3, -0.25) is 4.79 Å².